The molecule has 0 aromatic rings. The van der Waals surface area contributed by atoms with Crippen molar-refractivity contribution in [3.63, 3.8) is 0 Å². The molecule has 2 aliphatic heterocycles. The van der Waals surface area contributed by atoms with Crippen molar-refractivity contribution in [3.05, 3.63) is 23.6 Å². The molecule has 62 valence electrons. The summed E-state index contributed by atoms with van der Waals surface area (Å²) in [5, 5.41) is 2.57. The van der Waals surface area contributed by atoms with Crippen molar-refractivity contribution in [2.75, 3.05) is 7.11 Å². The van der Waals surface area contributed by atoms with Gasteiger partial charge in [-0.3, -0.25) is 9.79 Å². The number of amides is 1. The standard InChI is InChI=1S/C8H8N2O2/c1-12-6-4-10-8(11)7-5(6)2-3-9-7/h2-4,7H,1H3,(H,10,11). The number of nitrogens with zero attached hydrogens (tertiary/aromatic N) is 1. The van der Waals surface area contributed by atoms with Crippen LogP contribution in [0.5, 0.6) is 0 Å². The zero-order valence-corrected chi connectivity index (χ0v) is 6.57. The van der Waals surface area contributed by atoms with Gasteiger partial charge in [0, 0.05) is 18.0 Å². The summed E-state index contributed by atoms with van der Waals surface area (Å²) >= 11 is 0. The third kappa shape index (κ3) is 0.845. The molecule has 1 amide bonds. The van der Waals surface area contributed by atoms with Crippen LogP contribution in [0.15, 0.2) is 28.6 Å². The van der Waals surface area contributed by atoms with Gasteiger partial charge in [-0.2, -0.15) is 0 Å². The Morgan fingerprint density at radius 2 is 2.50 bits per heavy atom. The second kappa shape index (κ2) is 2.48. The smallest absolute Gasteiger partial charge is 0.253 e. The normalized spacial score (nSPS) is 25.8. The Hall–Kier alpha value is -1.58. The average molecular weight is 164 g/mol. The Morgan fingerprint density at radius 1 is 1.67 bits per heavy atom. The van der Waals surface area contributed by atoms with Gasteiger partial charge in [0.05, 0.1) is 7.11 Å². The predicted octanol–water partition coefficient (Wildman–Crippen LogP) is -0.0166. The van der Waals surface area contributed by atoms with Gasteiger partial charge in [0.15, 0.2) is 6.04 Å². The first kappa shape index (κ1) is 7.09. The lowest BCUT2D eigenvalue weighted by atomic mass is 10.0. The number of carbonyl (C=O) groups is 1. The molecule has 4 nitrogen and oxygen atoms in total. The summed E-state index contributed by atoms with van der Waals surface area (Å²) in [6.07, 6.45) is 4.97. The van der Waals surface area contributed by atoms with E-state index >= 15 is 0 Å². The van der Waals surface area contributed by atoms with E-state index in [2.05, 4.69) is 10.3 Å². The summed E-state index contributed by atoms with van der Waals surface area (Å²) in [7, 11) is 1.57. The molecule has 0 aromatic heterocycles. The minimum absolute atomic E-state index is 0.101. The topological polar surface area (TPSA) is 50.7 Å². The lowest BCUT2D eigenvalue weighted by Crippen LogP contribution is -2.35. The zero-order chi connectivity index (χ0) is 8.55. The van der Waals surface area contributed by atoms with Gasteiger partial charge >= 0.3 is 0 Å². The summed E-state index contributed by atoms with van der Waals surface area (Å²) in [5.41, 5.74) is 0.834. The third-order valence-electron chi connectivity index (χ3n) is 1.88. The minimum atomic E-state index is -0.398. The van der Waals surface area contributed by atoms with E-state index in [9.17, 15) is 4.79 Å². The van der Waals surface area contributed by atoms with Gasteiger partial charge in [0.25, 0.3) is 5.91 Å². The van der Waals surface area contributed by atoms with E-state index in [-0.39, 0.29) is 5.91 Å². The van der Waals surface area contributed by atoms with Crippen molar-refractivity contribution >= 4 is 12.1 Å². The summed E-state index contributed by atoms with van der Waals surface area (Å²) in [6.45, 7) is 0. The van der Waals surface area contributed by atoms with E-state index < -0.39 is 6.04 Å². The average Bonchev–Trinajstić information content (AvgIpc) is 2.54. The highest BCUT2D eigenvalue weighted by molar-refractivity contribution is 5.95. The lowest BCUT2D eigenvalue weighted by molar-refractivity contribution is -0.120. The van der Waals surface area contributed by atoms with Gasteiger partial charge in [-0.25, -0.2) is 0 Å². The van der Waals surface area contributed by atoms with E-state index in [0.717, 1.165) is 5.57 Å². The molecule has 0 aliphatic carbocycles. The van der Waals surface area contributed by atoms with Crippen LogP contribution in [0.4, 0.5) is 0 Å². The Balaban J connectivity index is 2.38. The molecule has 4 heteroatoms. The maximum atomic E-state index is 11.2. The fraction of sp³-hybridized carbons (Fsp3) is 0.250. The van der Waals surface area contributed by atoms with Crippen molar-refractivity contribution in [2.45, 2.75) is 6.04 Å². The van der Waals surface area contributed by atoms with E-state index in [4.69, 9.17) is 4.74 Å². The quantitative estimate of drug-likeness (QED) is 0.592. The molecule has 0 radical (unpaired) electrons. The number of nitrogens with one attached hydrogen (secondary N) is 1. The Morgan fingerprint density at radius 3 is 3.25 bits per heavy atom. The van der Waals surface area contributed by atoms with Gasteiger partial charge in [0.1, 0.15) is 5.76 Å². The van der Waals surface area contributed by atoms with Crippen LogP contribution in [0.2, 0.25) is 0 Å². The van der Waals surface area contributed by atoms with Crippen molar-refractivity contribution in [3.8, 4) is 0 Å². The molecule has 2 rings (SSSR count). The number of hydrogen-bond donors (Lipinski definition) is 1. The zero-order valence-electron chi connectivity index (χ0n) is 6.57. The Kier molecular flexibility index (Phi) is 1.46. The van der Waals surface area contributed by atoms with Gasteiger partial charge in [0.2, 0.25) is 0 Å². The lowest BCUT2D eigenvalue weighted by Gasteiger charge is -2.18. The minimum Gasteiger partial charge on any atom is -0.495 e. The number of rotatable bonds is 1. The highest BCUT2D eigenvalue weighted by Gasteiger charge is 2.30. The van der Waals surface area contributed by atoms with Crippen LogP contribution < -0.4 is 5.32 Å². The highest BCUT2D eigenvalue weighted by atomic mass is 16.5. The predicted molar refractivity (Wildman–Crippen MR) is 43.6 cm³/mol. The maximum Gasteiger partial charge on any atom is 0.253 e. The number of ether oxygens (including phenoxy) is 1. The van der Waals surface area contributed by atoms with Gasteiger partial charge in [-0.05, 0) is 6.08 Å². The van der Waals surface area contributed by atoms with Crippen LogP contribution in [0.25, 0.3) is 0 Å². The first-order chi connectivity index (χ1) is 5.83. The molecule has 0 bridgehead atoms. The number of hydrogen-bond acceptors (Lipinski definition) is 3. The third-order valence-corrected chi connectivity index (χ3v) is 1.88. The van der Waals surface area contributed by atoms with Gasteiger partial charge in [-0.15, -0.1) is 0 Å². The van der Waals surface area contributed by atoms with Crippen LogP contribution in [0.1, 0.15) is 0 Å². The highest BCUT2D eigenvalue weighted by Crippen LogP contribution is 2.23. The van der Waals surface area contributed by atoms with E-state index in [0.29, 0.717) is 5.76 Å². The molecule has 1 atom stereocenters. The number of fused-ring (bicyclic) bond motifs is 1. The second-order valence-corrected chi connectivity index (χ2v) is 2.54. The summed E-state index contributed by atoms with van der Waals surface area (Å²) < 4.78 is 5.05. The first-order valence-electron chi connectivity index (χ1n) is 3.61. The molecular formula is C8H8N2O2. The first-order valence-corrected chi connectivity index (χ1v) is 3.61. The van der Waals surface area contributed by atoms with Crippen molar-refractivity contribution in [2.24, 2.45) is 4.99 Å². The van der Waals surface area contributed by atoms with Crippen molar-refractivity contribution in [1.82, 2.24) is 5.32 Å². The molecule has 2 heterocycles. The van der Waals surface area contributed by atoms with Gasteiger partial charge in [-0.1, -0.05) is 0 Å². The molecule has 2 aliphatic rings. The van der Waals surface area contributed by atoms with Crippen LogP contribution in [-0.4, -0.2) is 25.3 Å². The molecule has 1 N–H and O–H groups in total. The Labute approximate surface area is 69.6 Å². The fourth-order valence-corrected chi connectivity index (χ4v) is 1.28. The molecule has 0 fully saturated rings. The number of methoxy groups -OCH3 is 1. The monoisotopic (exact) mass is 164 g/mol. The molecular weight excluding hydrogens is 156 g/mol. The van der Waals surface area contributed by atoms with E-state index in [1.165, 1.54) is 0 Å². The van der Waals surface area contributed by atoms with E-state index in [1.807, 2.05) is 0 Å². The second-order valence-electron chi connectivity index (χ2n) is 2.54. The molecule has 1 unspecified atom stereocenters. The molecule has 0 aromatic carbocycles. The number of allylic oxidation sites excluding steroid dienone is 1. The molecule has 0 saturated carbocycles. The SMILES string of the molecule is COC1=CNC(=O)C2N=CC=C12. The van der Waals surface area contributed by atoms with Crippen molar-refractivity contribution in [1.29, 1.82) is 0 Å². The number of aliphatic imine (C=N–C) groups is 1. The van der Waals surface area contributed by atoms with E-state index in [1.54, 1.807) is 25.6 Å². The summed E-state index contributed by atoms with van der Waals surface area (Å²) in [6, 6.07) is -0.398. The summed E-state index contributed by atoms with van der Waals surface area (Å²) in [4.78, 5) is 15.2. The molecule has 0 saturated heterocycles. The molecule has 12 heavy (non-hydrogen) atoms. The van der Waals surface area contributed by atoms with Crippen LogP contribution >= 0.6 is 0 Å². The van der Waals surface area contributed by atoms with Gasteiger partial charge < -0.3 is 10.1 Å². The maximum absolute atomic E-state index is 11.2. The fourth-order valence-electron chi connectivity index (χ4n) is 1.28. The van der Waals surface area contributed by atoms with Crippen molar-refractivity contribution < 1.29 is 9.53 Å². The van der Waals surface area contributed by atoms with Crippen LogP contribution in [0.3, 0.4) is 0 Å². The Bertz CT molecular complexity index is 315. The largest absolute Gasteiger partial charge is 0.495 e. The van der Waals surface area contributed by atoms with Crippen LogP contribution in [-0.2, 0) is 9.53 Å². The number of carbonyl (C=O) groups excluding carboxylic acids is 1. The molecule has 0 spiro atoms. The van der Waals surface area contributed by atoms with Crippen LogP contribution in [0, 0.1) is 0 Å². The summed E-state index contributed by atoms with van der Waals surface area (Å²) in [5.74, 6) is 0.577.